The number of piperidine rings is 1. The molecule has 18 heavy (non-hydrogen) atoms. The minimum Gasteiger partial charge on any atom is -0.341 e. The second-order valence-corrected chi connectivity index (χ2v) is 5.97. The van der Waals surface area contributed by atoms with Crippen LogP contribution in [0.4, 0.5) is 0 Å². The first-order valence-electron chi connectivity index (χ1n) is 6.77. The molecule has 2 saturated heterocycles. The van der Waals surface area contributed by atoms with Gasteiger partial charge in [0.05, 0.1) is 5.33 Å². The molecule has 102 valence electrons. The largest absolute Gasteiger partial charge is 0.341 e. The van der Waals surface area contributed by atoms with Crippen molar-refractivity contribution in [2.24, 2.45) is 5.92 Å². The molecule has 0 aromatic heterocycles. The molecule has 0 spiro atoms. The average Bonchev–Trinajstić information content (AvgIpc) is 2.86. The van der Waals surface area contributed by atoms with Gasteiger partial charge >= 0.3 is 0 Å². The van der Waals surface area contributed by atoms with Crippen LogP contribution in [0.15, 0.2) is 0 Å². The molecule has 0 aliphatic carbocycles. The predicted octanol–water partition coefficient (Wildman–Crippen LogP) is 1.63. The maximum absolute atomic E-state index is 12.5. The smallest absolute Gasteiger partial charge is 0.245 e. The zero-order valence-electron chi connectivity index (χ0n) is 10.9. The molecule has 0 radical (unpaired) electrons. The lowest BCUT2D eigenvalue weighted by atomic mass is 9.99. The van der Waals surface area contributed by atoms with Crippen molar-refractivity contribution in [3.8, 4) is 0 Å². The van der Waals surface area contributed by atoms with Gasteiger partial charge in [-0.3, -0.25) is 9.59 Å². The summed E-state index contributed by atoms with van der Waals surface area (Å²) >= 11 is 3.19. The van der Waals surface area contributed by atoms with Crippen LogP contribution < -0.4 is 0 Å². The molecule has 2 unspecified atom stereocenters. The number of alkyl halides is 1. The number of carbonyl (C=O) groups is 2. The van der Waals surface area contributed by atoms with E-state index < -0.39 is 0 Å². The summed E-state index contributed by atoms with van der Waals surface area (Å²) in [6.07, 6.45) is 4.06. The van der Waals surface area contributed by atoms with Crippen LogP contribution in [-0.2, 0) is 9.59 Å². The zero-order valence-corrected chi connectivity index (χ0v) is 12.5. The van der Waals surface area contributed by atoms with E-state index in [0.29, 0.717) is 11.2 Å². The van der Waals surface area contributed by atoms with E-state index in [1.807, 2.05) is 4.90 Å². The summed E-state index contributed by atoms with van der Waals surface area (Å²) in [7, 11) is 0. The second kappa shape index (κ2) is 6.04. The maximum atomic E-state index is 12.5. The van der Waals surface area contributed by atoms with Gasteiger partial charge in [-0.1, -0.05) is 22.9 Å². The molecule has 0 aromatic carbocycles. The lowest BCUT2D eigenvalue weighted by Crippen LogP contribution is -2.50. The van der Waals surface area contributed by atoms with Crippen LogP contribution in [0.2, 0.25) is 0 Å². The second-order valence-electron chi connectivity index (χ2n) is 5.41. The highest BCUT2D eigenvalue weighted by Crippen LogP contribution is 2.23. The van der Waals surface area contributed by atoms with E-state index in [2.05, 4.69) is 22.9 Å². The number of halogens is 1. The van der Waals surface area contributed by atoms with Crippen molar-refractivity contribution in [1.82, 2.24) is 9.80 Å². The fourth-order valence-corrected chi connectivity index (χ4v) is 3.32. The van der Waals surface area contributed by atoms with Crippen molar-refractivity contribution in [2.45, 2.75) is 38.6 Å². The van der Waals surface area contributed by atoms with Crippen molar-refractivity contribution in [3.05, 3.63) is 0 Å². The molecular weight excluding hydrogens is 296 g/mol. The molecule has 5 heteroatoms. The summed E-state index contributed by atoms with van der Waals surface area (Å²) < 4.78 is 0. The minimum absolute atomic E-state index is 0.0379. The lowest BCUT2D eigenvalue weighted by Gasteiger charge is -2.35. The molecule has 0 aromatic rings. The van der Waals surface area contributed by atoms with Gasteiger partial charge in [0.1, 0.15) is 6.04 Å². The van der Waals surface area contributed by atoms with E-state index in [0.717, 1.165) is 38.9 Å². The Balaban J connectivity index is 2.01. The molecule has 0 N–H and O–H groups in total. The molecule has 2 fully saturated rings. The molecule has 2 aliphatic rings. The van der Waals surface area contributed by atoms with Gasteiger partial charge in [0.2, 0.25) is 11.8 Å². The van der Waals surface area contributed by atoms with Gasteiger partial charge in [-0.2, -0.15) is 0 Å². The van der Waals surface area contributed by atoms with Crippen molar-refractivity contribution < 1.29 is 9.59 Å². The highest BCUT2D eigenvalue weighted by molar-refractivity contribution is 9.09. The fraction of sp³-hybridized carbons (Fsp3) is 0.846. The number of likely N-dealkylation sites (tertiary alicyclic amines) is 2. The first kappa shape index (κ1) is 13.8. The van der Waals surface area contributed by atoms with E-state index in [9.17, 15) is 9.59 Å². The summed E-state index contributed by atoms with van der Waals surface area (Å²) in [6, 6.07) is -0.208. The van der Waals surface area contributed by atoms with Gasteiger partial charge in [0.15, 0.2) is 0 Å². The number of rotatable bonds is 2. The summed E-state index contributed by atoms with van der Waals surface area (Å²) in [4.78, 5) is 28.0. The minimum atomic E-state index is -0.208. The fourth-order valence-electron chi connectivity index (χ4n) is 3.00. The van der Waals surface area contributed by atoms with Crippen LogP contribution in [0.25, 0.3) is 0 Å². The third-order valence-corrected chi connectivity index (χ3v) is 4.42. The number of amides is 2. The molecule has 2 rings (SSSR count). The van der Waals surface area contributed by atoms with Crippen LogP contribution in [0.5, 0.6) is 0 Å². The summed E-state index contributed by atoms with van der Waals surface area (Å²) in [5.41, 5.74) is 0. The standard InChI is InChI=1S/C13H21BrN2O2/c1-10-4-2-6-15(9-10)13(18)11-5-3-7-16(11)12(17)8-14/h10-11H,2-9H2,1H3. The Bertz CT molecular complexity index is 335. The normalized spacial score (nSPS) is 28.6. The molecule has 2 heterocycles. The topological polar surface area (TPSA) is 40.6 Å². The number of nitrogens with zero attached hydrogens (tertiary/aromatic N) is 2. The monoisotopic (exact) mass is 316 g/mol. The van der Waals surface area contributed by atoms with Gasteiger partial charge in [-0.25, -0.2) is 0 Å². The highest BCUT2D eigenvalue weighted by atomic mass is 79.9. The van der Waals surface area contributed by atoms with Crippen molar-refractivity contribution in [1.29, 1.82) is 0 Å². The molecule has 4 nitrogen and oxygen atoms in total. The van der Waals surface area contributed by atoms with Crippen LogP contribution in [0, 0.1) is 5.92 Å². The predicted molar refractivity (Wildman–Crippen MR) is 73.5 cm³/mol. The zero-order chi connectivity index (χ0) is 13.1. The Hall–Kier alpha value is -0.580. The Morgan fingerprint density at radius 2 is 1.94 bits per heavy atom. The van der Waals surface area contributed by atoms with Gasteiger partial charge in [0.25, 0.3) is 0 Å². The van der Waals surface area contributed by atoms with Gasteiger partial charge in [-0.05, 0) is 31.6 Å². The van der Waals surface area contributed by atoms with Gasteiger partial charge in [-0.15, -0.1) is 0 Å². The van der Waals surface area contributed by atoms with Crippen molar-refractivity contribution >= 4 is 27.7 Å². The van der Waals surface area contributed by atoms with E-state index in [-0.39, 0.29) is 17.9 Å². The summed E-state index contributed by atoms with van der Waals surface area (Å²) in [5, 5.41) is 0.313. The van der Waals surface area contributed by atoms with Crippen LogP contribution in [0.1, 0.15) is 32.6 Å². The first-order valence-corrected chi connectivity index (χ1v) is 7.90. The van der Waals surface area contributed by atoms with E-state index in [1.165, 1.54) is 6.42 Å². The molecule has 0 bridgehead atoms. The van der Waals surface area contributed by atoms with Crippen molar-refractivity contribution in [3.63, 3.8) is 0 Å². The van der Waals surface area contributed by atoms with Gasteiger partial charge in [0, 0.05) is 19.6 Å². The van der Waals surface area contributed by atoms with Crippen LogP contribution in [-0.4, -0.2) is 52.6 Å². The van der Waals surface area contributed by atoms with E-state index in [1.54, 1.807) is 4.90 Å². The van der Waals surface area contributed by atoms with Crippen LogP contribution in [0.3, 0.4) is 0 Å². The maximum Gasteiger partial charge on any atom is 0.245 e. The number of carbonyl (C=O) groups excluding carboxylic acids is 2. The number of hydrogen-bond acceptors (Lipinski definition) is 2. The third kappa shape index (κ3) is 2.87. The molecule has 0 saturated carbocycles. The summed E-state index contributed by atoms with van der Waals surface area (Å²) in [6.45, 7) is 4.63. The summed E-state index contributed by atoms with van der Waals surface area (Å²) in [5.74, 6) is 0.786. The Morgan fingerprint density at radius 3 is 2.61 bits per heavy atom. The first-order chi connectivity index (χ1) is 8.63. The molecule has 2 amide bonds. The third-order valence-electron chi connectivity index (χ3n) is 3.94. The molecule has 2 atom stereocenters. The average molecular weight is 317 g/mol. The van der Waals surface area contributed by atoms with E-state index >= 15 is 0 Å². The molecule has 2 aliphatic heterocycles. The lowest BCUT2D eigenvalue weighted by molar-refractivity contribution is -0.143. The van der Waals surface area contributed by atoms with Gasteiger partial charge < -0.3 is 9.80 Å². The number of hydrogen-bond donors (Lipinski definition) is 0. The van der Waals surface area contributed by atoms with Crippen LogP contribution >= 0.6 is 15.9 Å². The quantitative estimate of drug-likeness (QED) is 0.727. The Kier molecular flexibility index (Phi) is 4.65. The Labute approximate surface area is 117 Å². The Morgan fingerprint density at radius 1 is 1.22 bits per heavy atom. The SMILES string of the molecule is CC1CCCN(C(=O)C2CCCN2C(=O)CBr)C1. The highest BCUT2D eigenvalue weighted by Gasteiger charge is 2.36. The molecular formula is C13H21BrN2O2. The van der Waals surface area contributed by atoms with Crippen molar-refractivity contribution in [2.75, 3.05) is 25.0 Å². The van der Waals surface area contributed by atoms with E-state index in [4.69, 9.17) is 0 Å².